The van der Waals surface area contributed by atoms with Gasteiger partial charge in [-0.2, -0.15) is 5.10 Å². The fourth-order valence-electron chi connectivity index (χ4n) is 3.63. The second-order valence-corrected chi connectivity index (χ2v) is 7.50. The number of aromatic nitrogens is 3. The zero-order valence-corrected chi connectivity index (χ0v) is 16.5. The summed E-state index contributed by atoms with van der Waals surface area (Å²) in [7, 11) is 1.88. The normalized spacial score (nSPS) is 19.1. The predicted octanol–water partition coefficient (Wildman–Crippen LogP) is 2.66. The third kappa shape index (κ3) is 3.81. The zero-order valence-electron chi connectivity index (χ0n) is 15.8. The van der Waals surface area contributed by atoms with Crippen molar-refractivity contribution in [2.24, 2.45) is 13.0 Å². The number of benzene rings is 1. The molecule has 2 atom stereocenters. The minimum atomic E-state index is -0.143. The van der Waals surface area contributed by atoms with Crippen molar-refractivity contribution in [3.05, 3.63) is 58.8 Å². The molecule has 0 unspecified atom stereocenters. The summed E-state index contributed by atoms with van der Waals surface area (Å²) in [5.74, 6) is 1.14. The maximum atomic E-state index is 12.7. The van der Waals surface area contributed by atoms with Gasteiger partial charge in [0.1, 0.15) is 0 Å². The smallest absolute Gasteiger partial charge is 0.225 e. The lowest BCUT2D eigenvalue weighted by Gasteiger charge is -2.16. The first-order valence-electron chi connectivity index (χ1n) is 9.20. The molecule has 1 aliphatic rings. The fraction of sp³-hybridized carbons (Fsp3) is 0.350. The molecule has 4 rings (SSSR count). The van der Waals surface area contributed by atoms with Crippen LogP contribution in [0.3, 0.4) is 0 Å². The second-order valence-electron chi connectivity index (χ2n) is 7.07. The Kier molecular flexibility index (Phi) is 5.19. The quantitative estimate of drug-likeness (QED) is 0.689. The number of rotatable bonds is 5. The molecule has 7 nitrogen and oxygen atoms in total. The molecule has 8 heteroatoms. The molecule has 0 saturated carbocycles. The number of hydrogen-bond donors (Lipinski definition) is 2. The summed E-state index contributed by atoms with van der Waals surface area (Å²) in [6.45, 7) is 3.55. The van der Waals surface area contributed by atoms with Crippen molar-refractivity contribution in [1.29, 1.82) is 0 Å². The monoisotopic (exact) mass is 399 g/mol. The van der Waals surface area contributed by atoms with Crippen LogP contribution >= 0.6 is 11.6 Å². The molecule has 1 aromatic carbocycles. The number of hydrogen-bond acceptors (Lipinski definition) is 5. The van der Waals surface area contributed by atoms with Crippen LogP contribution in [-0.4, -0.2) is 33.8 Å². The Balaban J connectivity index is 1.42. The van der Waals surface area contributed by atoms with E-state index in [1.807, 2.05) is 50.6 Å². The molecule has 2 aromatic heterocycles. The first-order valence-corrected chi connectivity index (χ1v) is 9.58. The second kappa shape index (κ2) is 7.77. The summed E-state index contributed by atoms with van der Waals surface area (Å²) in [5, 5.41) is 11.2. The molecule has 28 heavy (non-hydrogen) atoms. The number of oxazole rings is 1. The molecule has 3 heterocycles. The van der Waals surface area contributed by atoms with Gasteiger partial charge in [0.2, 0.25) is 11.8 Å². The number of nitrogens with one attached hydrogen (secondary N) is 2. The van der Waals surface area contributed by atoms with Crippen molar-refractivity contribution in [3.8, 4) is 11.3 Å². The summed E-state index contributed by atoms with van der Waals surface area (Å²) in [5.41, 5.74) is 2.76. The Bertz CT molecular complexity index is 979. The highest BCUT2D eigenvalue weighted by atomic mass is 35.5. The van der Waals surface area contributed by atoms with Crippen molar-refractivity contribution >= 4 is 17.5 Å². The van der Waals surface area contributed by atoms with Crippen molar-refractivity contribution in [1.82, 2.24) is 25.4 Å². The molecule has 1 saturated heterocycles. The Morgan fingerprint density at radius 3 is 2.86 bits per heavy atom. The van der Waals surface area contributed by atoms with Crippen molar-refractivity contribution in [2.45, 2.75) is 19.4 Å². The lowest BCUT2D eigenvalue weighted by Crippen LogP contribution is -2.34. The summed E-state index contributed by atoms with van der Waals surface area (Å²) in [6.07, 6.45) is 3.79. The van der Waals surface area contributed by atoms with Gasteiger partial charge < -0.3 is 15.1 Å². The average Bonchev–Trinajstić information content (AvgIpc) is 3.40. The van der Waals surface area contributed by atoms with Crippen LogP contribution in [0.4, 0.5) is 0 Å². The van der Waals surface area contributed by atoms with E-state index in [4.69, 9.17) is 16.0 Å². The summed E-state index contributed by atoms with van der Waals surface area (Å²) >= 11 is 5.94. The Morgan fingerprint density at radius 2 is 2.14 bits per heavy atom. The minimum absolute atomic E-state index is 0.0113. The third-order valence-corrected chi connectivity index (χ3v) is 5.32. The summed E-state index contributed by atoms with van der Waals surface area (Å²) < 4.78 is 7.63. The fourth-order valence-corrected chi connectivity index (χ4v) is 3.75. The number of carbonyl (C=O) groups excluding carboxylic acids is 1. The van der Waals surface area contributed by atoms with Crippen molar-refractivity contribution < 1.29 is 9.21 Å². The van der Waals surface area contributed by atoms with Crippen LogP contribution in [0.15, 0.2) is 41.1 Å². The first kappa shape index (κ1) is 18.7. The number of halogens is 1. The van der Waals surface area contributed by atoms with Gasteiger partial charge in [0.15, 0.2) is 5.76 Å². The Hall–Kier alpha value is -2.64. The highest BCUT2D eigenvalue weighted by Crippen LogP contribution is 2.28. The van der Waals surface area contributed by atoms with Crippen LogP contribution in [-0.2, 0) is 18.4 Å². The highest BCUT2D eigenvalue weighted by Gasteiger charge is 2.34. The maximum absolute atomic E-state index is 12.7. The standard InChI is InChI=1S/C20H22ClN5O2/c1-12-19(13-3-5-15(21)6-4-13)28-18(25-12)10-23-20(27)17-9-22-8-16(17)14-7-24-26(2)11-14/h3-7,11,16-17,22H,8-10H2,1-2H3,(H,23,27)/t16-,17+/m1/s1. The molecule has 146 valence electrons. The van der Waals surface area contributed by atoms with Gasteiger partial charge in [-0.15, -0.1) is 0 Å². The molecular formula is C20H22ClN5O2. The van der Waals surface area contributed by atoms with E-state index in [0.717, 1.165) is 23.4 Å². The Morgan fingerprint density at radius 1 is 1.36 bits per heavy atom. The summed E-state index contributed by atoms with van der Waals surface area (Å²) in [4.78, 5) is 17.2. The van der Waals surface area contributed by atoms with Crippen LogP contribution < -0.4 is 10.6 Å². The topological polar surface area (TPSA) is 85.0 Å². The molecule has 1 aliphatic heterocycles. The zero-order chi connectivity index (χ0) is 19.7. The molecule has 0 aliphatic carbocycles. The van der Waals surface area contributed by atoms with Gasteiger partial charge in [0.05, 0.1) is 24.4 Å². The van der Waals surface area contributed by atoms with E-state index in [2.05, 4.69) is 20.7 Å². The molecule has 1 amide bonds. The van der Waals surface area contributed by atoms with Gasteiger partial charge in [-0.3, -0.25) is 9.48 Å². The average molecular weight is 400 g/mol. The van der Waals surface area contributed by atoms with E-state index < -0.39 is 0 Å². The van der Waals surface area contributed by atoms with Crippen LogP contribution in [0.5, 0.6) is 0 Å². The highest BCUT2D eigenvalue weighted by molar-refractivity contribution is 6.30. The summed E-state index contributed by atoms with van der Waals surface area (Å²) in [6, 6.07) is 7.40. The first-order chi connectivity index (χ1) is 13.5. The Labute approximate surface area is 168 Å². The van der Waals surface area contributed by atoms with Gasteiger partial charge in [-0.05, 0) is 36.8 Å². The minimum Gasteiger partial charge on any atom is -0.438 e. The predicted molar refractivity (Wildman–Crippen MR) is 106 cm³/mol. The molecular weight excluding hydrogens is 378 g/mol. The molecule has 0 radical (unpaired) electrons. The van der Waals surface area contributed by atoms with Gasteiger partial charge in [-0.1, -0.05) is 11.6 Å². The molecule has 1 fully saturated rings. The van der Waals surface area contributed by atoms with Gasteiger partial charge in [0, 0.05) is 42.8 Å². The lowest BCUT2D eigenvalue weighted by molar-refractivity contribution is -0.125. The van der Waals surface area contributed by atoms with E-state index in [1.54, 1.807) is 4.68 Å². The van der Waals surface area contributed by atoms with E-state index in [0.29, 0.717) is 23.2 Å². The van der Waals surface area contributed by atoms with Gasteiger partial charge in [0.25, 0.3) is 0 Å². The van der Waals surface area contributed by atoms with Crippen LogP contribution in [0.25, 0.3) is 11.3 Å². The largest absolute Gasteiger partial charge is 0.438 e. The molecule has 0 spiro atoms. The van der Waals surface area contributed by atoms with Gasteiger partial charge >= 0.3 is 0 Å². The number of nitrogens with zero attached hydrogens (tertiary/aromatic N) is 3. The van der Waals surface area contributed by atoms with Crippen LogP contribution in [0.1, 0.15) is 23.1 Å². The number of amides is 1. The van der Waals surface area contributed by atoms with E-state index >= 15 is 0 Å². The SMILES string of the molecule is Cc1nc(CNC(=O)[C@H]2CNC[C@@H]2c2cnn(C)c2)oc1-c1ccc(Cl)cc1. The lowest BCUT2D eigenvalue weighted by atomic mass is 9.90. The van der Waals surface area contributed by atoms with Crippen LogP contribution in [0.2, 0.25) is 5.02 Å². The van der Waals surface area contributed by atoms with E-state index in [-0.39, 0.29) is 24.3 Å². The molecule has 2 N–H and O–H groups in total. The molecule has 0 bridgehead atoms. The van der Waals surface area contributed by atoms with Gasteiger partial charge in [-0.25, -0.2) is 4.98 Å². The number of carbonyl (C=O) groups is 1. The third-order valence-electron chi connectivity index (χ3n) is 5.07. The maximum Gasteiger partial charge on any atom is 0.225 e. The van der Waals surface area contributed by atoms with E-state index in [1.165, 1.54) is 0 Å². The number of aryl methyl sites for hydroxylation is 2. The van der Waals surface area contributed by atoms with E-state index in [9.17, 15) is 4.79 Å². The molecule has 3 aromatic rings. The van der Waals surface area contributed by atoms with Crippen LogP contribution in [0, 0.1) is 12.8 Å². The van der Waals surface area contributed by atoms with Crippen molar-refractivity contribution in [3.63, 3.8) is 0 Å². The van der Waals surface area contributed by atoms with Crippen molar-refractivity contribution in [2.75, 3.05) is 13.1 Å².